The number of carbonyl (C=O) groups excluding carboxylic acids is 1. The number of methoxy groups -OCH3 is 1. The molecule has 20 heavy (non-hydrogen) atoms. The van der Waals surface area contributed by atoms with E-state index in [-0.39, 0.29) is 12.4 Å². The largest absolute Gasteiger partial charge is 0.493 e. The predicted octanol–water partition coefficient (Wildman–Crippen LogP) is 4.26. The highest BCUT2D eigenvalue weighted by Crippen LogP contribution is 2.26. The van der Waals surface area contributed by atoms with Crippen LogP contribution in [0.15, 0.2) is 42.5 Å². The van der Waals surface area contributed by atoms with E-state index < -0.39 is 0 Å². The number of benzene rings is 2. The monoisotopic (exact) mass is 310 g/mol. The summed E-state index contributed by atoms with van der Waals surface area (Å²) in [6, 6.07) is 11.8. The van der Waals surface area contributed by atoms with Gasteiger partial charge in [-0.15, -0.1) is 0 Å². The zero-order valence-corrected chi connectivity index (χ0v) is 12.2. The first-order valence-electron chi connectivity index (χ1n) is 5.86. The SMILES string of the molecule is COc1ccccc1OCC(=O)c1ccc(Cl)cc1Cl. The van der Waals surface area contributed by atoms with E-state index in [9.17, 15) is 4.79 Å². The fourth-order valence-electron chi connectivity index (χ4n) is 1.67. The lowest BCUT2D eigenvalue weighted by Gasteiger charge is -2.10. The highest BCUT2D eigenvalue weighted by Gasteiger charge is 2.12. The minimum absolute atomic E-state index is 0.123. The van der Waals surface area contributed by atoms with Gasteiger partial charge in [-0.1, -0.05) is 35.3 Å². The number of para-hydroxylation sites is 2. The number of carbonyl (C=O) groups is 1. The van der Waals surface area contributed by atoms with Gasteiger partial charge in [-0.05, 0) is 30.3 Å². The van der Waals surface area contributed by atoms with Gasteiger partial charge in [-0.2, -0.15) is 0 Å². The second-order valence-electron chi connectivity index (χ2n) is 3.99. The molecule has 5 heteroatoms. The molecule has 0 aliphatic heterocycles. The fourth-order valence-corrected chi connectivity index (χ4v) is 2.19. The second-order valence-corrected chi connectivity index (χ2v) is 4.83. The zero-order valence-electron chi connectivity index (χ0n) is 10.7. The molecular weight excluding hydrogens is 299 g/mol. The molecule has 0 radical (unpaired) electrons. The Morgan fingerprint density at radius 3 is 2.45 bits per heavy atom. The number of hydrogen-bond donors (Lipinski definition) is 0. The minimum Gasteiger partial charge on any atom is -0.493 e. The maximum absolute atomic E-state index is 12.1. The van der Waals surface area contributed by atoms with Crippen LogP contribution in [0.4, 0.5) is 0 Å². The standard InChI is InChI=1S/C15H12Cl2O3/c1-19-14-4-2-3-5-15(14)20-9-13(18)11-7-6-10(16)8-12(11)17/h2-8H,9H2,1H3. The average Bonchev–Trinajstić information content (AvgIpc) is 2.45. The molecule has 3 nitrogen and oxygen atoms in total. The third-order valence-electron chi connectivity index (χ3n) is 2.66. The number of ketones is 1. The number of ether oxygens (including phenoxy) is 2. The summed E-state index contributed by atoms with van der Waals surface area (Å²) in [4.78, 5) is 12.1. The van der Waals surface area contributed by atoms with Crippen molar-refractivity contribution in [2.45, 2.75) is 0 Å². The van der Waals surface area contributed by atoms with Crippen molar-refractivity contribution >= 4 is 29.0 Å². The van der Waals surface area contributed by atoms with Crippen molar-refractivity contribution in [3.8, 4) is 11.5 Å². The number of Topliss-reactive ketones (excluding diaryl/α,β-unsaturated/α-hetero) is 1. The van der Waals surface area contributed by atoms with Gasteiger partial charge in [0.2, 0.25) is 5.78 Å². The summed E-state index contributed by atoms with van der Waals surface area (Å²) in [6.45, 7) is -0.123. The minimum atomic E-state index is -0.224. The Morgan fingerprint density at radius 1 is 1.10 bits per heavy atom. The van der Waals surface area contributed by atoms with E-state index in [1.165, 1.54) is 6.07 Å². The molecule has 0 saturated heterocycles. The van der Waals surface area contributed by atoms with Crippen LogP contribution >= 0.6 is 23.2 Å². The van der Waals surface area contributed by atoms with Gasteiger partial charge in [-0.25, -0.2) is 0 Å². The molecule has 0 atom stereocenters. The quantitative estimate of drug-likeness (QED) is 0.774. The van der Waals surface area contributed by atoms with Crippen molar-refractivity contribution < 1.29 is 14.3 Å². The van der Waals surface area contributed by atoms with Crippen LogP contribution in [0.1, 0.15) is 10.4 Å². The van der Waals surface area contributed by atoms with E-state index in [1.807, 2.05) is 6.07 Å². The fraction of sp³-hybridized carbons (Fsp3) is 0.133. The molecule has 0 fully saturated rings. The third kappa shape index (κ3) is 3.44. The van der Waals surface area contributed by atoms with Gasteiger partial charge in [0.05, 0.1) is 12.1 Å². The highest BCUT2D eigenvalue weighted by molar-refractivity contribution is 6.36. The molecule has 2 aromatic rings. The molecule has 104 valence electrons. The molecule has 0 N–H and O–H groups in total. The second kappa shape index (κ2) is 6.64. The van der Waals surface area contributed by atoms with Crippen LogP contribution in [0.25, 0.3) is 0 Å². The van der Waals surface area contributed by atoms with Crippen LogP contribution in [-0.4, -0.2) is 19.5 Å². The maximum Gasteiger partial charge on any atom is 0.201 e. The summed E-state index contributed by atoms with van der Waals surface area (Å²) in [5.74, 6) is 0.855. The van der Waals surface area contributed by atoms with Crippen molar-refractivity contribution in [2.24, 2.45) is 0 Å². The van der Waals surface area contributed by atoms with Crippen LogP contribution in [0.3, 0.4) is 0 Å². The van der Waals surface area contributed by atoms with Gasteiger partial charge in [0, 0.05) is 10.6 Å². The van der Waals surface area contributed by atoms with Crippen LogP contribution in [0, 0.1) is 0 Å². The van der Waals surface area contributed by atoms with E-state index >= 15 is 0 Å². The summed E-state index contributed by atoms with van der Waals surface area (Å²) in [5, 5.41) is 0.795. The van der Waals surface area contributed by atoms with Crippen molar-refractivity contribution in [3.05, 3.63) is 58.1 Å². The Kier molecular flexibility index (Phi) is 4.88. The smallest absolute Gasteiger partial charge is 0.201 e. The van der Waals surface area contributed by atoms with Gasteiger partial charge in [-0.3, -0.25) is 4.79 Å². The Morgan fingerprint density at radius 2 is 1.80 bits per heavy atom. The van der Waals surface area contributed by atoms with Crippen molar-refractivity contribution in [1.29, 1.82) is 0 Å². The number of hydrogen-bond acceptors (Lipinski definition) is 3. The van der Waals surface area contributed by atoms with Crippen LogP contribution in [0.2, 0.25) is 10.0 Å². The molecule has 0 aliphatic carbocycles. The third-order valence-corrected chi connectivity index (χ3v) is 3.21. The van der Waals surface area contributed by atoms with Crippen molar-refractivity contribution in [3.63, 3.8) is 0 Å². The molecule has 0 aromatic heterocycles. The van der Waals surface area contributed by atoms with Crippen LogP contribution in [-0.2, 0) is 0 Å². The molecule has 2 aromatic carbocycles. The molecule has 0 heterocycles. The van der Waals surface area contributed by atoms with Gasteiger partial charge < -0.3 is 9.47 Å². The Hall–Kier alpha value is -1.71. The normalized spacial score (nSPS) is 10.2. The van der Waals surface area contributed by atoms with E-state index in [2.05, 4.69) is 0 Å². The summed E-state index contributed by atoms with van der Waals surface area (Å²) in [5.41, 5.74) is 0.381. The first-order valence-corrected chi connectivity index (χ1v) is 6.61. The van der Waals surface area contributed by atoms with E-state index in [1.54, 1.807) is 37.4 Å². The van der Waals surface area contributed by atoms with Gasteiger partial charge >= 0.3 is 0 Å². The molecule has 0 spiro atoms. The van der Waals surface area contributed by atoms with Crippen LogP contribution < -0.4 is 9.47 Å². The Balaban J connectivity index is 2.09. The Labute approximate surface area is 127 Å². The average molecular weight is 311 g/mol. The van der Waals surface area contributed by atoms with E-state index in [4.69, 9.17) is 32.7 Å². The van der Waals surface area contributed by atoms with Gasteiger partial charge in [0.1, 0.15) is 0 Å². The molecule has 0 amide bonds. The highest BCUT2D eigenvalue weighted by atomic mass is 35.5. The van der Waals surface area contributed by atoms with Gasteiger partial charge in [0.15, 0.2) is 18.1 Å². The van der Waals surface area contributed by atoms with E-state index in [0.29, 0.717) is 27.1 Å². The molecular formula is C15H12Cl2O3. The summed E-state index contributed by atoms with van der Waals surface area (Å²) >= 11 is 11.8. The number of halogens is 2. The lowest BCUT2D eigenvalue weighted by Crippen LogP contribution is -2.12. The first-order chi connectivity index (χ1) is 9.61. The summed E-state index contributed by atoms with van der Waals surface area (Å²) in [6.07, 6.45) is 0. The van der Waals surface area contributed by atoms with Gasteiger partial charge in [0.25, 0.3) is 0 Å². The van der Waals surface area contributed by atoms with Crippen molar-refractivity contribution in [1.82, 2.24) is 0 Å². The topological polar surface area (TPSA) is 35.5 Å². The van der Waals surface area contributed by atoms with E-state index in [0.717, 1.165) is 0 Å². The Bertz CT molecular complexity index is 626. The lowest BCUT2D eigenvalue weighted by atomic mass is 10.1. The lowest BCUT2D eigenvalue weighted by molar-refractivity contribution is 0.0919. The molecule has 2 rings (SSSR count). The first kappa shape index (κ1) is 14.7. The number of rotatable bonds is 5. The summed E-state index contributed by atoms with van der Waals surface area (Å²) in [7, 11) is 1.54. The maximum atomic E-state index is 12.1. The molecule has 0 bridgehead atoms. The molecule has 0 aliphatic rings. The molecule has 0 saturated carbocycles. The summed E-state index contributed by atoms with van der Waals surface area (Å²) < 4.78 is 10.6. The zero-order chi connectivity index (χ0) is 14.5. The van der Waals surface area contributed by atoms with Crippen LogP contribution in [0.5, 0.6) is 11.5 Å². The van der Waals surface area contributed by atoms with Crippen molar-refractivity contribution in [2.75, 3.05) is 13.7 Å². The molecule has 0 unspecified atom stereocenters. The predicted molar refractivity (Wildman–Crippen MR) is 79.3 cm³/mol.